The number of nitrogens with one attached hydrogen (secondary N) is 1. The van der Waals surface area contributed by atoms with Gasteiger partial charge < -0.3 is 10.2 Å². The van der Waals surface area contributed by atoms with Crippen molar-refractivity contribution in [2.75, 3.05) is 18.4 Å². The smallest absolute Gasteiger partial charge is 0.276 e. The molecule has 0 atom stereocenters. The van der Waals surface area contributed by atoms with E-state index in [2.05, 4.69) is 27.2 Å². The van der Waals surface area contributed by atoms with Crippen LogP contribution in [0.4, 0.5) is 5.82 Å². The Balaban J connectivity index is 1.47. The molecule has 34 heavy (non-hydrogen) atoms. The van der Waals surface area contributed by atoms with Gasteiger partial charge in [0.05, 0.1) is 17.3 Å². The molecule has 8 heteroatoms. The van der Waals surface area contributed by atoms with E-state index in [0.29, 0.717) is 31.0 Å². The number of rotatable bonds is 4. The highest BCUT2D eigenvalue weighted by molar-refractivity contribution is 6.34. The maximum absolute atomic E-state index is 13.1. The fourth-order valence-corrected chi connectivity index (χ4v) is 4.24. The fourth-order valence-electron chi connectivity index (χ4n) is 4.02. The first-order chi connectivity index (χ1) is 16.5. The third-order valence-corrected chi connectivity index (χ3v) is 6.14. The predicted molar refractivity (Wildman–Crippen MR) is 132 cm³/mol. The van der Waals surface area contributed by atoms with Crippen molar-refractivity contribution in [2.24, 2.45) is 0 Å². The molecular formula is C26H26ClN5O2. The van der Waals surface area contributed by atoms with E-state index in [4.69, 9.17) is 11.6 Å². The standard InChI is InChI=1S/C26H26ClN5O2/c1-3-23(33)31-13-11-21(12-14-31)32-24(22(27)17-29-32)26(34)30-25-18(2)15-20(16-28-25)10-9-19-7-5-4-6-8-19/h4-8,15-17,21H,3,11-14H2,1-2H3,(H,28,30,34). The number of amides is 2. The first-order valence-electron chi connectivity index (χ1n) is 11.3. The Morgan fingerprint density at radius 2 is 1.82 bits per heavy atom. The lowest BCUT2D eigenvalue weighted by Gasteiger charge is -2.32. The van der Waals surface area contributed by atoms with Gasteiger partial charge in [0.25, 0.3) is 5.91 Å². The minimum Gasteiger partial charge on any atom is -0.343 e. The molecule has 1 aromatic carbocycles. The molecule has 0 unspecified atom stereocenters. The van der Waals surface area contributed by atoms with Gasteiger partial charge in [-0.05, 0) is 43.5 Å². The van der Waals surface area contributed by atoms with E-state index in [0.717, 1.165) is 29.5 Å². The molecule has 2 aromatic heterocycles. The lowest BCUT2D eigenvalue weighted by atomic mass is 10.0. The number of hydrogen-bond acceptors (Lipinski definition) is 4. The van der Waals surface area contributed by atoms with Crippen LogP contribution < -0.4 is 5.32 Å². The minimum absolute atomic E-state index is 0.00107. The number of pyridine rings is 1. The molecule has 1 N–H and O–H groups in total. The number of aryl methyl sites for hydroxylation is 1. The van der Waals surface area contributed by atoms with Crippen molar-refractivity contribution in [3.63, 3.8) is 0 Å². The summed E-state index contributed by atoms with van der Waals surface area (Å²) in [4.78, 5) is 31.4. The monoisotopic (exact) mass is 475 g/mol. The van der Waals surface area contributed by atoms with Crippen LogP contribution in [0.3, 0.4) is 0 Å². The summed E-state index contributed by atoms with van der Waals surface area (Å²) < 4.78 is 1.68. The summed E-state index contributed by atoms with van der Waals surface area (Å²) >= 11 is 6.34. The molecule has 3 heterocycles. The van der Waals surface area contributed by atoms with Gasteiger partial charge in [-0.2, -0.15) is 5.10 Å². The van der Waals surface area contributed by atoms with Gasteiger partial charge in [0, 0.05) is 36.8 Å². The number of likely N-dealkylation sites (tertiary alicyclic amines) is 1. The molecule has 174 valence electrons. The summed E-state index contributed by atoms with van der Waals surface area (Å²) in [5.41, 5.74) is 2.78. The molecule has 7 nitrogen and oxygen atoms in total. The molecule has 0 spiro atoms. The number of aromatic nitrogens is 3. The Morgan fingerprint density at radius 1 is 1.12 bits per heavy atom. The molecule has 0 radical (unpaired) electrons. The van der Waals surface area contributed by atoms with Gasteiger partial charge in [0.15, 0.2) is 0 Å². The van der Waals surface area contributed by atoms with Gasteiger partial charge in [0.2, 0.25) is 5.91 Å². The van der Waals surface area contributed by atoms with Crippen LogP contribution in [0.15, 0.2) is 48.8 Å². The minimum atomic E-state index is -0.367. The molecule has 4 rings (SSSR count). The van der Waals surface area contributed by atoms with Gasteiger partial charge in [-0.25, -0.2) is 4.98 Å². The molecular weight excluding hydrogens is 450 g/mol. The molecule has 3 aromatic rings. The van der Waals surface area contributed by atoms with Crippen molar-refractivity contribution in [3.05, 3.63) is 76.2 Å². The quantitative estimate of drug-likeness (QED) is 0.565. The number of hydrogen-bond donors (Lipinski definition) is 1. The second kappa shape index (κ2) is 10.5. The molecule has 1 saturated heterocycles. The zero-order valence-electron chi connectivity index (χ0n) is 19.2. The topological polar surface area (TPSA) is 80.1 Å². The van der Waals surface area contributed by atoms with Crippen molar-refractivity contribution in [3.8, 4) is 11.8 Å². The van der Waals surface area contributed by atoms with Crippen LogP contribution in [-0.4, -0.2) is 44.6 Å². The number of nitrogens with zero attached hydrogens (tertiary/aromatic N) is 4. The summed E-state index contributed by atoms with van der Waals surface area (Å²) in [5, 5.41) is 7.51. The molecule has 0 aliphatic carbocycles. The van der Waals surface area contributed by atoms with Crippen LogP contribution >= 0.6 is 11.6 Å². The molecule has 0 bridgehead atoms. The zero-order chi connectivity index (χ0) is 24.1. The van der Waals surface area contributed by atoms with Crippen LogP contribution in [0.5, 0.6) is 0 Å². The molecule has 1 fully saturated rings. The maximum atomic E-state index is 13.1. The van der Waals surface area contributed by atoms with E-state index >= 15 is 0 Å². The molecule has 2 amide bonds. The Bertz CT molecular complexity index is 1250. The van der Waals surface area contributed by atoms with Crippen molar-refractivity contribution in [2.45, 2.75) is 39.2 Å². The molecule has 1 aliphatic heterocycles. The third kappa shape index (κ3) is 5.29. The molecule has 0 saturated carbocycles. The van der Waals surface area contributed by atoms with Crippen LogP contribution in [0.1, 0.15) is 59.4 Å². The lowest BCUT2D eigenvalue weighted by molar-refractivity contribution is -0.132. The Morgan fingerprint density at radius 3 is 2.50 bits per heavy atom. The first-order valence-corrected chi connectivity index (χ1v) is 11.7. The number of carbonyl (C=O) groups is 2. The highest BCUT2D eigenvalue weighted by Gasteiger charge is 2.28. The van der Waals surface area contributed by atoms with Gasteiger partial charge in [-0.1, -0.05) is 48.6 Å². The van der Waals surface area contributed by atoms with Crippen LogP contribution in [0.25, 0.3) is 0 Å². The van der Waals surface area contributed by atoms with Gasteiger partial charge >= 0.3 is 0 Å². The summed E-state index contributed by atoms with van der Waals surface area (Å²) in [7, 11) is 0. The average Bonchev–Trinajstić information content (AvgIpc) is 3.26. The first kappa shape index (κ1) is 23.5. The van der Waals surface area contributed by atoms with Crippen molar-refractivity contribution in [1.29, 1.82) is 0 Å². The second-order valence-corrected chi connectivity index (χ2v) is 8.62. The SMILES string of the molecule is CCC(=O)N1CCC(n2ncc(Cl)c2C(=O)Nc2ncc(C#Cc3ccccc3)cc2C)CC1. The Labute approximate surface area is 204 Å². The Hall–Kier alpha value is -3.63. The van der Waals surface area contributed by atoms with Crippen molar-refractivity contribution >= 4 is 29.2 Å². The van der Waals surface area contributed by atoms with E-state index in [1.54, 1.807) is 10.9 Å². The highest BCUT2D eigenvalue weighted by atomic mass is 35.5. The summed E-state index contributed by atoms with van der Waals surface area (Å²) in [6.45, 7) is 5.02. The zero-order valence-corrected chi connectivity index (χ0v) is 20.0. The van der Waals surface area contributed by atoms with Crippen LogP contribution in [-0.2, 0) is 4.79 Å². The second-order valence-electron chi connectivity index (χ2n) is 8.21. The van der Waals surface area contributed by atoms with Gasteiger partial charge in [-0.3, -0.25) is 14.3 Å². The summed E-state index contributed by atoms with van der Waals surface area (Å²) in [6, 6.07) is 11.6. The predicted octanol–water partition coefficient (Wildman–Crippen LogP) is 4.47. The van der Waals surface area contributed by atoms with Gasteiger partial charge in [-0.15, -0.1) is 0 Å². The van der Waals surface area contributed by atoms with Crippen molar-refractivity contribution < 1.29 is 9.59 Å². The van der Waals surface area contributed by atoms with Gasteiger partial charge in [0.1, 0.15) is 11.5 Å². The van der Waals surface area contributed by atoms with Crippen LogP contribution in [0, 0.1) is 18.8 Å². The summed E-state index contributed by atoms with van der Waals surface area (Å²) in [5.74, 6) is 6.43. The number of carbonyl (C=O) groups excluding carboxylic acids is 2. The summed E-state index contributed by atoms with van der Waals surface area (Å²) in [6.07, 6.45) is 5.06. The number of piperidine rings is 1. The largest absolute Gasteiger partial charge is 0.343 e. The lowest BCUT2D eigenvalue weighted by Crippen LogP contribution is -2.39. The normalized spacial score (nSPS) is 13.8. The number of benzene rings is 1. The Kier molecular flexibility index (Phi) is 7.29. The number of anilines is 1. The van der Waals surface area contributed by atoms with E-state index in [1.807, 2.05) is 55.1 Å². The number of halogens is 1. The van der Waals surface area contributed by atoms with E-state index < -0.39 is 0 Å². The highest BCUT2D eigenvalue weighted by Crippen LogP contribution is 2.28. The van der Waals surface area contributed by atoms with E-state index in [-0.39, 0.29) is 22.9 Å². The van der Waals surface area contributed by atoms with E-state index in [9.17, 15) is 9.59 Å². The third-order valence-electron chi connectivity index (χ3n) is 5.87. The van der Waals surface area contributed by atoms with E-state index in [1.165, 1.54) is 6.20 Å². The maximum Gasteiger partial charge on any atom is 0.276 e. The van der Waals surface area contributed by atoms with Crippen LogP contribution in [0.2, 0.25) is 5.02 Å². The molecule has 1 aliphatic rings. The van der Waals surface area contributed by atoms with Crippen molar-refractivity contribution in [1.82, 2.24) is 19.7 Å². The fraction of sp³-hybridized carbons (Fsp3) is 0.308. The average molecular weight is 476 g/mol.